The Balaban J connectivity index is 3.82. The molecule has 40 valence electrons. The van der Waals surface area contributed by atoms with E-state index in [1.807, 2.05) is 0 Å². The Morgan fingerprint density at radius 2 is 2.29 bits per heavy atom. The molecule has 1 N–H and O–H groups in total. The summed E-state index contributed by atoms with van der Waals surface area (Å²) in [6.45, 7) is 1.13. The maximum Gasteiger partial charge on any atom is 0.349 e. The summed E-state index contributed by atoms with van der Waals surface area (Å²) in [6, 6.07) is 0. The van der Waals surface area contributed by atoms with E-state index in [4.69, 9.17) is 5.11 Å². The number of carboxylic acid groups (broad SMARTS) is 1. The number of hydrogen-bond acceptors (Lipinski definition) is 3. The lowest BCUT2D eigenvalue weighted by atomic mass is 10.4. The van der Waals surface area contributed by atoms with Gasteiger partial charge in [-0.15, -0.1) is 0 Å². The van der Waals surface area contributed by atoms with Crippen molar-refractivity contribution in [1.82, 2.24) is 0 Å². The van der Waals surface area contributed by atoms with Crippen LogP contribution in [0.25, 0.3) is 0 Å². The molecule has 0 aromatic carbocycles. The first-order valence-electron chi connectivity index (χ1n) is 1.58. The van der Waals surface area contributed by atoms with E-state index < -0.39 is 11.7 Å². The van der Waals surface area contributed by atoms with Crippen molar-refractivity contribution in [3.8, 4) is 0 Å². The first-order chi connectivity index (χ1) is 3.18. The number of carboxylic acids is 1. The van der Waals surface area contributed by atoms with Gasteiger partial charge in [0.15, 0.2) is 0 Å². The summed E-state index contributed by atoms with van der Waals surface area (Å²) >= 11 is 0. The molecule has 0 bridgehead atoms. The second-order valence-electron chi connectivity index (χ2n) is 0.982. The van der Waals surface area contributed by atoms with Crippen LogP contribution in [0, 0.1) is 5.21 Å². The Hall–Kier alpha value is -1.06. The van der Waals surface area contributed by atoms with Gasteiger partial charge in [0.25, 0.3) is 0 Å². The van der Waals surface area contributed by atoms with Crippen molar-refractivity contribution < 1.29 is 9.90 Å². The molecule has 0 atom stereocenters. The van der Waals surface area contributed by atoms with Gasteiger partial charge in [-0.3, -0.25) is 0 Å². The fourth-order valence-electron chi connectivity index (χ4n) is 0.0390. The Morgan fingerprint density at radius 1 is 1.86 bits per heavy atom. The van der Waals surface area contributed by atoms with Crippen LogP contribution in [0.3, 0.4) is 0 Å². The second-order valence-corrected chi connectivity index (χ2v) is 0.982. The lowest BCUT2D eigenvalue weighted by Crippen LogP contribution is -2.06. The summed E-state index contributed by atoms with van der Waals surface area (Å²) in [5.74, 6) is -1.27. The predicted molar refractivity (Wildman–Crippen MR) is 24.1 cm³/mol. The Bertz CT molecular complexity index is 107. The minimum absolute atomic E-state index is 0.417. The molecule has 0 aliphatic rings. The van der Waals surface area contributed by atoms with E-state index >= 15 is 0 Å². The molecule has 0 fully saturated rings. The van der Waals surface area contributed by atoms with Gasteiger partial charge in [-0.1, -0.05) is 0 Å². The molecule has 0 aromatic heterocycles. The van der Waals surface area contributed by atoms with E-state index in [9.17, 15) is 10.0 Å². The summed E-state index contributed by atoms with van der Waals surface area (Å²) in [5.41, 5.74) is -0.417. The number of carbonyl (C=O) groups is 1. The van der Waals surface area contributed by atoms with Crippen LogP contribution in [0.1, 0.15) is 6.92 Å². The van der Waals surface area contributed by atoms with Crippen molar-refractivity contribution >= 4 is 11.7 Å². The van der Waals surface area contributed by atoms with Gasteiger partial charge in [-0.25, -0.2) is 4.79 Å². The third-order valence-corrected chi connectivity index (χ3v) is 0.446. The molecule has 0 aliphatic carbocycles. The average molecular weight is 102 g/mol. The molecular weight excluding hydrogens is 98.0 g/mol. The zero-order chi connectivity index (χ0) is 5.86. The minimum Gasteiger partial charge on any atom is -0.792 e. The Kier molecular flexibility index (Phi) is 1.84. The highest BCUT2D eigenvalue weighted by molar-refractivity contribution is 6.34. The molecule has 0 rings (SSSR count). The largest absolute Gasteiger partial charge is 0.792 e. The van der Waals surface area contributed by atoms with Crippen LogP contribution < -0.4 is 0 Å². The molecule has 0 saturated carbocycles. The second kappa shape index (κ2) is 2.17. The van der Waals surface area contributed by atoms with Crippen molar-refractivity contribution in [3.63, 3.8) is 0 Å². The fourth-order valence-corrected chi connectivity index (χ4v) is 0.0390. The van der Waals surface area contributed by atoms with Crippen molar-refractivity contribution in [3.05, 3.63) is 5.21 Å². The van der Waals surface area contributed by atoms with Crippen LogP contribution >= 0.6 is 0 Å². The molecule has 0 aliphatic heterocycles. The third-order valence-electron chi connectivity index (χ3n) is 0.446. The average Bonchev–Trinajstić information content (AvgIpc) is 1.65. The number of rotatable bonds is 1. The van der Waals surface area contributed by atoms with Gasteiger partial charge in [0, 0.05) is 0 Å². The third kappa shape index (κ3) is 1.75. The molecule has 4 heteroatoms. The van der Waals surface area contributed by atoms with Crippen molar-refractivity contribution in [1.29, 1.82) is 0 Å². The topological polar surface area (TPSA) is 72.7 Å². The monoisotopic (exact) mass is 102 g/mol. The van der Waals surface area contributed by atoms with Crippen LogP contribution in [-0.2, 0) is 4.79 Å². The standard InChI is InChI=1S/C3H5NO3/c1-2(4-7)3(5)6/h7H,1H3,(H,5,6)/p-1. The van der Waals surface area contributed by atoms with Gasteiger partial charge < -0.3 is 15.5 Å². The summed E-state index contributed by atoms with van der Waals surface area (Å²) in [5, 5.41) is 19.3. The SMILES string of the molecule is CC(=N[O-])C(=O)O. The summed E-state index contributed by atoms with van der Waals surface area (Å²) in [6.07, 6.45) is 0. The number of nitrogens with zero attached hydrogens (tertiary/aromatic N) is 1. The van der Waals surface area contributed by atoms with Crippen LogP contribution in [0.15, 0.2) is 5.16 Å². The Labute approximate surface area is 40.1 Å². The molecule has 0 saturated heterocycles. The summed E-state index contributed by atoms with van der Waals surface area (Å²) in [7, 11) is 0. The predicted octanol–water partition coefficient (Wildman–Crippen LogP) is 0.0297. The van der Waals surface area contributed by atoms with Gasteiger partial charge in [0.05, 0.1) is 0 Å². The van der Waals surface area contributed by atoms with E-state index in [1.54, 1.807) is 0 Å². The number of hydrogen-bond donors (Lipinski definition) is 1. The quantitative estimate of drug-likeness (QED) is 0.375. The van der Waals surface area contributed by atoms with Gasteiger partial charge in [0.1, 0.15) is 5.71 Å². The van der Waals surface area contributed by atoms with Crippen LogP contribution in [0.5, 0.6) is 0 Å². The molecular formula is C3H4NO3-. The molecule has 4 nitrogen and oxygen atoms in total. The molecule has 0 aromatic rings. The summed E-state index contributed by atoms with van der Waals surface area (Å²) < 4.78 is 0. The first kappa shape index (κ1) is 5.94. The van der Waals surface area contributed by atoms with Crippen LogP contribution in [-0.4, -0.2) is 16.8 Å². The van der Waals surface area contributed by atoms with Gasteiger partial charge in [-0.05, 0) is 6.92 Å². The highest BCUT2D eigenvalue weighted by atomic mass is 16.4. The van der Waals surface area contributed by atoms with Gasteiger partial charge in [0.2, 0.25) is 0 Å². The molecule has 0 radical (unpaired) electrons. The van der Waals surface area contributed by atoms with E-state index in [2.05, 4.69) is 5.16 Å². The highest BCUT2D eigenvalue weighted by Gasteiger charge is 1.94. The molecule has 0 spiro atoms. The minimum atomic E-state index is -1.27. The molecule has 7 heavy (non-hydrogen) atoms. The van der Waals surface area contributed by atoms with Crippen molar-refractivity contribution in [2.45, 2.75) is 6.92 Å². The van der Waals surface area contributed by atoms with E-state index in [-0.39, 0.29) is 0 Å². The lowest BCUT2D eigenvalue weighted by molar-refractivity contribution is -0.129. The van der Waals surface area contributed by atoms with Crippen LogP contribution in [0.4, 0.5) is 0 Å². The van der Waals surface area contributed by atoms with E-state index in [0.29, 0.717) is 0 Å². The maximum absolute atomic E-state index is 9.60. The van der Waals surface area contributed by atoms with Crippen molar-refractivity contribution in [2.75, 3.05) is 0 Å². The highest BCUT2D eigenvalue weighted by Crippen LogP contribution is 1.72. The fraction of sp³-hybridized carbons (Fsp3) is 0.333. The van der Waals surface area contributed by atoms with E-state index in [0.717, 1.165) is 6.92 Å². The molecule has 0 heterocycles. The molecule has 0 amide bonds. The van der Waals surface area contributed by atoms with Crippen molar-refractivity contribution in [2.24, 2.45) is 5.16 Å². The number of aliphatic carboxylic acids is 1. The zero-order valence-electron chi connectivity index (χ0n) is 3.71. The van der Waals surface area contributed by atoms with Crippen LogP contribution in [0.2, 0.25) is 0 Å². The first-order valence-corrected chi connectivity index (χ1v) is 1.58. The van der Waals surface area contributed by atoms with Gasteiger partial charge in [-0.2, -0.15) is 0 Å². The van der Waals surface area contributed by atoms with E-state index in [1.165, 1.54) is 0 Å². The Morgan fingerprint density at radius 3 is 2.29 bits per heavy atom. The maximum atomic E-state index is 9.60. The summed E-state index contributed by atoms with van der Waals surface area (Å²) in [4.78, 5) is 9.60. The normalized spacial score (nSPS) is 11.3. The van der Waals surface area contributed by atoms with Gasteiger partial charge >= 0.3 is 5.97 Å². The smallest absolute Gasteiger partial charge is 0.349 e. The lowest BCUT2D eigenvalue weighted by Gasteiger charge is -1.91. The zero-order valence-corrected chi connectivity index (χ0v) is 3.71. The molecule has 0 unspecified atom stereocenters.